The lowest BCUT2D eigenvalue weighted by atomic mass is 9.92. The van der Waals surface area contributed by atoms with Crippen LogP contribution in [0.4, 0.5) is 18.9 Å². The van der Waals surface area contributed by atoms with Crippen LogP contribution in [0.25, 0.3) is 0 Å². The maximum absolute atomic E-state index is 12.7. The van der Waals surface area contributed by atoms with Crippen molar-refractivity contribution in [3.05, 3.63) is 28.2 Å². The number of carbonyl (C=O) groups excluding carboxylic acids is 1. The molecule has 0 aliphatic heterocycles. The lowest BCUT2D eigenvalue weighted by molar-refractivity contribution is -0.138. The van der Waals surface area contributed by atoms with Gasteiger partial charge < -0.3 is 11.1 Å². The highest BCUT2D eigenvalue weighted by atomic mass is 79.9. The third kappa shape index (κ3) is 3.69. The van der Waals surface area contributed by atoms with Crippen LogP contribution in [0.3, 0.4) is 0 Å². The third-order valence-electron chi connectivity index (χ3n) is 2.71. The van der Waals surface area contributed by atoms with E-state index in [1.807, 2.05) is 0 Å². The number of hydrogen-bond donors (Lipinski definition) is 2. The normalized spacial score (nSPS) is 12.1. The number of hydrogen-bond acceptors (Lipinski definition) is 2. The number of benzene rings is 1. The molecule has 110 valence electrons. The van der Waals surface area contributed by atoms with Crippen molar-refractivity contribution in [1.82, 2.24) is 0 Å². The first-order valence-electron chi connectivity index (χ1n) is 5.44. The monoisotopic (exact) mass is 368 g/mol. The van der Waals surface area contributed by atoms with Gasteiger partial charge in [0.1, 0.15) is 0 Å². The predicted molar refractivity (Wildman–Crippen MR) is 78.3 cm³/mol. The topological polar surface area (TPSA) is 55.1 Å². The molecule has 3 nitrogen and oxygen atoms in total. The Morgan fingerprint density at radius 3 is 2.35 bits per heavy atom. The summed E-state index contributed by atoms with van der Waals surface area (Å²) in [7, 11) is 0. The molecule has 0 radical (unpaired) electrons. The van der Waals surface area contributed by atoms with Crippen LogP contribution >= 0.6 is 28.1 Å². The second-order valence-electron chi connectivity index (χ2n) is 4.64. The van der Waals surface area contributed by atoms with E-state index in [0.29, 0.717) is 0 Å². The number of thiocarbonyl (C=S) groups is 1. The first-order chi connectivity index (χ1) is 8.96. The fraction of sp³-hybridized carbons (Fsp3) is 0.333. The number of anilines is 1. The average molecular weight is 369 g/mol. The average Bonchev–Trinajstić information content (AvgIpc) is 2.29. The van der Waals surface area contributed by atoms with Gasteiger partial charge in [-0.3, -0.25) is 4.79 Å². The Hall–Kier alpha value is -1.15. The highest BCUT2D eigenvalue weighted by Crippen LogP contribution is 2.36. The van der Waals surface area contributed by atoms with Crippen molar-refractivity contribution < 1.29 is 18.0 Å². The van der Waals surface area contributed by atoms with Gasteiger partial charge in [0.25, 0.3) is 0 Å². The van der Waals surface area contributed by atoms with E-state index in [-0.39, 0.29) is 15.1 Å². The van der Waals surface area contributed by atoms with Gasteiger partial charge in [-0.15, -0.1) is 0 Å². The summed E-state index contributed by atoms with van der Waals surface area (Å²) in [5.74, 6) is -0.569. The van der Waals surface area contributed by atoms with E-state index < -0.39 is 23.1 Å². The SMILES string of the molecule is CC(C)(C(=O)Nc1ccc(Br)c(C(F)(F)F)c1)C(N)=S. The summed E-state index contributed by atoms with van der Waals surface area (Å²) in [6.45, 7) is 2.99. The Kier molecular flexibility index (Phi) is 4.81. The van der Waals surface area contributed by atoms with Crippen LogP contribution in [0.1, 0.15) is 19.4 Å². The molecule has 0 bridgehead atoms. The molecular formula is C12H12BrF3N2OS. The number of rotatable bonds is 3. The van der Waals surface area contributed by atoms with Crippen LogP contribution in [-0.4, -0.2) is 10.9 Å². The highest BCUT2D eigenvalue weighted by Gasteiger charge is 2.34. The van der Waals surface area contributed by atoms with Crippen LogP contribution in [-0.2, 0) is 11.0 Å². The summed E-state index contributed by atoms with van der Waals surface area (Å²) in [5.41, 5.74) is 3.43. The fourth-order valence-corrected chi connectivity index (χ4v) is 1.78. The molecular weight excluding hydrogens is 357 g/mol. The Labute approximate surface area is 127 Å². The lowest BCUT2D eigenvalue weighted by Crippen LogP contribution is -2.41. The number of carbonyl (C=O) groups is 1. The summed E-state index contributed by atoms with van der Waals surface area (Å²) in [4.78, 5) is 11.9. The van der Waals surface area contributed by atoms with E-state index >= 15 is 0 Å². The van der Waals surface area contributed by atoms with E-state index in [1.165, 1.54) is 26.0 Å². The number of nitrogens with two attached hydrogens (primary N) is 1. The van der Waals surface area contributed by atoms with Gasteiger partial charge in [0.05, 0.1) is 16.0 Å². The third-order valence-corrected chi connectivity index (χ3v) is 3.92. The standard InChI is InChI=1S/C12H12BrF3N2OS/c1-11(2,9(17)20)10(19)18-6-3-4-8(13)7(5-6)12(14,15)16/h3-5H,1-2H3,(H2,17,20)(H,18,19). The molecule has 0 aromatic heterocycles. The van der Waals surface area contributed by atoms with Crippen LogP contribution in [0.2, 0.25) is 0 Å². The Balaban J connectivity index is 3.07. The smallest absolute Gasteiger partial charge is 0.392 e. The molecule has 0 saturated heterocycles. The molecule has 8 heteroatoms. The molecule has 20 heavy (non-hydrogen) atoms. The second-order valence-corrected chi connectivity index (χ2v) is 5.93. The van der Waals surface area contributed by atoms with Crippen molar-refractivity contribution in [2.45, 2.75) is 20.0 Å². The van der Waals surface area contributed by atoms with Crippen LogP contribution in [0, 0.1) is 5.41 Å². The van der Waals surface area contributed by atoms with Crippen molar-refractivity contribution in [3.8, 4) is 0 Å². The van der Waals surface area contributed by atoms with E-state index in [9.17, 15) is 18.0 Å². The number of halogens is 4. The molecule has 0 heterocycles. The fourth-order valence-electron chi connectivity index (χ4n) is 1.22. The van der Waals surface area contributed by atoms with Crippen LogP contribution in [0.5, 0.6) is 0 Å². The Morgan fingerprint density at radius 1 is 1.35 bits per heavy atom. The van der Waals surface area contributed by atoms with Gasteiger partial charge in [0, 0.05) is 10.2 Å². The van der Waals surface area contributed by atoms with Gasteiger partial charge in [-0.2, -0.15) is 13.2 Å². The molecule has 1 aromatic carbocycles. The quantitative estimate of drug-likeness (QED) is 0.799. The van der Waals surface area contributed by atoms with Crippen molar-refractivity contribution in [3.63, 3.8) is 0 Å². The van der Waals surface area contributed by atoms with Crippen LogP contribution in [0.15, 0.2) is 22.7 Å². The first-order valence-corrected chi connectivity index (χ1v) is 6.64. The largest absolute Gasteiger partial charge is 0.417 e. The first kappa shape index (κ1) is 16.9. The molecule has 0 aliphatic rings. The minimum Gasteiger partial charge on any atom is -0.392 e. The van der Waals surface area contributed by atoms with E-state index in [0.717, 1.165) is 6.07 Å². The summed E-state index contributed by atoms with van der Waals surface area (Å²) in [6, 6.07) is 3.41. The molecule has 0 atom stereocenters. The predicted octanol–water partition coefficient (Wildman–Crippen LogP) is 3.72. The van der Waals surface area contributed by atoms with Gasteiger partial charge in [-0.05, 0) is 32.0 Å². The summed E-state index contributed by atoms with van der Waals surface area (Å²) in [6.07, 6.45) is -4.52. The molecule has 3 N–H and O–H groups in total. The molecule has 0 fully saturated rings. The van der Waals surface area contributed by atoms with E-state index in [2.05, 4.69) is 21.2 Å². The Bertz CT molecular complexity index is 558. The van der Waals surface area contributed by atoms with Gasteiger partial charge in [-0.25, -0.2) is 0 Å². The number of alkyl halides is 3. The number of amides is 1. The molecule has 1 rings (SSSR count). The van der Waals surface area contributed by atoms with Crippen molar-refractivity contribution in [2.24, 2.45) is 11.1 Å². The zero-order chi connectivity index (χ0) is 15.7. The molecule has 0 aliphatic carbocycles. The van der Waals surface area contributed by atoms with E-state index in [1.54, 1.807) is 0 Å². The molecule has 0 saturated carbocycles. The van der Waals surface area contributed by atoms with Gasteiger partial charge >= 0.3 is 6.18 Å². The highest BCUT2D eigenvalue weighted by molar-refractivity contribution is 9.10. The zero-order valence-corrected chi connectivity index (χ0v) is 13.0. The maximum Gasteiger partial charge on any atom is 0.417 e. The summed E-state index contributed by atoms with van der Waals surface area (Å²) < 4.78 is 38.1. The lowest BCUT2D eigenvalue weighted by Gasteiger charge is -2.22. The molecule has 0 spiro atoms. The van der Waals surface area contributed by atoms with Crippen LogP contribution < -0.4 is 11.1 Å². The van der Waals surface area contributed by atoms with Gasteiger partial charge in [-0.1, -0.05) is 28.1 Å². The second kappa shape index (κ2) is 5.69. The van der Waals surface area contributed by atoms with Crippen molar-refractivity contribution in [1.29, 1.82) is 0 Å². The molecule has 0 unspecified atom stereocenters. The zero-order valence-electron chi connectivity index (χ0n) is 10.6. The minimum atomic E-state index is -4.52. The summed E-state index contributed by atoms with van der Waals surface area (Å²) in [5, 5.41) is 2.38. The molecule has 1 aromatic rings. The minimum absolute atomic E-state index is 0.0230. The van der Waals surface area contributed by atoms with Crippen molar-refractivity contribution >= 4 is 44.7 Å². The van der Waals surface area contributed by atoms with Gasteiger partial charge in [0.2, 0.25) is 5.91 Å². The Morgan fingerprint density at radius 2 is 1.90 bits per heavy atom. The van der Waals surface area contributed by atoms with Gasteiger partial charge in [0.15, 0.2) is 0 Å². The number of nitrogens with one attached hydrogen (secondary N) is 1. The summed E-state index contributed by atoms with van der Waals surface area (Å²) >= 11 is 7.58. The maximum atomic E-state index is 12.7. The van der Waals surface area contributed by atoms with E-state index in [4.69, 9.17) is 18.0 Å². The van der Waals surface area contributed by atoms with Crippen molar-refractivity contribution in [2.75, 3.05) is 5.32 Å². The molecule has 1 amide bonds.